The van der Waals surface area contributed by atoms with Crippen LogP contribution in [0.25, 0.3) is 0 Å². The van der Waals surface area contributed by atoms with Crippen molar-refractivity contribution in [2.45, 2.75) is 57.3 Å². The molecule has 0 spiro atoms. The lowest BCUT2D eigenvalue weighted by atomic mass is 9.84. The normalized spacial score (nSPS) is 24.6. The Hall–Kier alpha value is -1.14. The molecule has 1 aromatic carbocycles. The maximum absolute atomic E-state index is 10.9. The van der Waals surface area contributed by atoms with Crippen LogP contribution in [0.4, 0.5) is 0 Å². The summed E-state index contributed by atoms with van der Waals surface area (Å²) in [5.74, 6) is -0.728. The molecule has 2 N–H and O–H groups in total. The third-order valence-electron chi connectivity index (χ3n) is 5.78. The summed E-state index contributed by atoms with van der Waals surface area (Å²) in [6.07, 6.45) is 4.47. The Morgan fingerprint density at radius 1 is 1.27 bits per heavy atom. The van der Waals surface area contributed by atoms with Crippen molar-refractivity contribution in [2.75, 3.05) is 26.2 Å². The van der Waals surface area contributed by atoms with E-state index < -0.39 is 5.97 Å². The summed E-state index contributed by atoms with van der Waals surface area (Å²) in [6.45, 7) is 6.13. The highest BCUT2D eigenvalue weighted by atomic mass is 35.5. The summed E-state index contributed by atoms with van der Waals surface area (Å²) in [4.78, 5) is 15.5. The largest absolute Gasteiger partial charge is 0.480 e. The molecule has 1 aliphatic heterocycles. The zero-order valence-electron chi connectivity index (χ0n) is 15.5. The van der Waals surface area contributed by atoms with Crippen LogP contribution in [0, 0.1) is 0 Å². The van der Waals surface area contributed by atoms with Gasteiger partial charge in [0.05, 0.1) is 6.54 Å². The fourth-order valence-electron chi connectivity index (χ4n) is 4.15. The van der Waals surface area contributed by atoms with Gasteiger partial charge in [0, 0.05) is 29.7 Å². The molecule has 3 rings (SSSR count). The molecule has 0 radical (unpaired) electrons. The number of likely N-dealkylation sites (N-methyl/N-ethyl adjacent to an activating group) is 1. The molecule has 5 nitrogen and oxygen atoms in total. The Morgan fingerprint density at radius 3 is 2.58 bits per heavy atom. The fraction of sp³-hybridized carbons (Fsp3) is 0.650. The number of rotatable bonds is 8. The van der Waals surface area contributed by atoms with Gasteiger partial charge in [-0.05, 0) is 56.9 Å². The first-order chi connectivity index (χ1) is 12.5. The summed E-state index contributed by atoms with van der Waals surface area (Å²) in [5, 5.41) is 13.6. The first-order valence-electron chi connectivity index (χ1n) is 9.72. The molecule has 1 aliphatic carbocycles. The van der Waals surface area contributed by atoms with Crippen molar-refractivity contribution in [2.24, 2.45) is 0 Å². The van der Waals surface area contributed by atoms with Crippen LogP contribution in [-0.4, -0.2) is 65.2 Å². The molecule has 1 aromatic rings. The number of carboxylic acid groups (broad SMARTS) is 1. The number of aliphatic carboxylic acids is 1. The van der Waals surface area contributed by atoms with Crippen LogP contribution in [0.5, 0.6) is 0 Å². The van der Waals surface area contributed by atoms with Crippen LogP contribution in [0.1, 0.15) is 38.2 Å². The third kappa shape index (κ3) is 5.19. The van der Waals surface area contributed by atoms with E-state index >= 15 is 0 Å². The topological polar surface area (TPSA) is 55.8 Å². The lowest BCUT2D eigenvalue weighted by molar-refractivity contribution is -0.139. The summed E-state index contributed by atoms with van der Waals surface area (Å²) in [6, 6.07) is 9.64. The van der Waals surface area contributed by atoms with Gasteiger partial charge in [-0.1, -0.05) is 36.7 Å². The van der Waals surface area contributed by atoms with E-state index in [2.05, 4.69) is 21.2 Å². The summed E-state index contributed by atoms with van der Waals surface area (Å²) >= 11 is 6.27. The highest BCUT2D eigenvalue weighted by molar-refractivity contribution is 6.31. The Bertz CT molecular complexity index is 598. The fourth-order valence-corrected chi connectivity index (χ4v) is 4.35. The minimum absolute atomic E-state index is 0.161. The second-order valence-electron chi connectivity index (χ2n) is 7.59. The van der Waals surface area contributed by atoms with Crippen LogP contribution in [0.2, 0.25) is 5.02 Å². The van der Waals surface area contributed by atoms with Crippen molar-refractivity contribution in [3.05, 3.63) is 34.9 Å². The van der Waals surface area contributed by atoms with Gasteiger partial charge >= 0.3 is 5.97 Å². The predicted octanol–water partition coefficient (Wildman–Crippen LogP) is 2.83. The van der Waals surface area contributed by atoms with Gasteiger partial charge in [-0.3, -0.25) is 14.6 Å². The molecule has 2 fully saturated rings. The molecule has 0 bridgehead atoms. The number of piperidine rings is 1. The number of likely N-dealkylation sites (tertiary alicyclic amines) is 1. The van der Waals surface area contributed by atoms with Crippen molar-refractivity contribution in [1.29, 1.82) is 0 Å². The van der Waals surface area contributed by atoms with Gasteiger partial charge in [0.2, 0.25) is 0 Å². The maximum Gasteiger partial charge on any atom is 0.317 e. The minimum atomic E-state index is -0.728. The van der Waals surface area contributed by atoms with E-state index in [9.17, 15) is 4.79 Å². The number of nitrogens with zero attached hydrogens (tertiary/aromatic N) is 2. The van der Waals surface area contributed by atoms with Gasteiger partial charge in [-0.15, -0.1) is 0 Å². The zero-order chi connectivity index (χ0) is 18.5. The van der Waals surface area contributed by atoms with Gasteiger partial charge in [0.25, 0.3) is 0 Å². The highest BCUT2D eigenvalue weighted by Crippen LogP contribution is 2.27. The van der Waals surface area contributed by atoms with E-state index in [-0.39, 0.29) is 6.54 Å². The molecule has 0 atom stereocenters. The summed E-state index contributed by atoms with van der Waals surface area (Å²) in [7, 11) is 0. The van der Waals surface area contributed by atoms with E-state index in [1.807, 2.05) is 25.1 Å². The zero-order valence-corrected chi connectivity index (χ0v) is 16.3. The van der Waals surface area contributed by atoms with E-state index in [1.54, 1.807) is 0 Å². The lowest BCUT2D eigenvalue weighted by Crippen LogP contribution is -2.56. The first kappa shape index (κ1) is 19.6. The third-order valence-corrected chi connectivity index (χ3v) is 6.15. The molecule has 0 aromatic heterocycles. The van der Waals surface area contributed by atoms with Crippen molar-refractivity contribution in [1.82, 2.24) is 15.1 Å². The number of hydrogen-bond acceptors (Lipinski definition) is 4. The van der Waals surface area contributed by atoms with Crippen molar-refractivity contribution >= 4 is 17.6 Å². The van der Waals surface area contributed by atoms with Gasteiger partial charge in [-0.2, -0.15) is 0 Å². The molecular formula is C20H30ClN3O2. The molecule has 2 aliphatic rings. The lowest BCUT2D eigenvalue weighted by Gasteiger charge is -2.45. The highest BCUT2D eigenvalue weighted by Gasteiger charge is 2.35. The van der Waals surface area contributed by atoms with E-state index in [4.69, 9.17) is 16.7 Å². The molecular weight excluding hydrogens is 350 g/mol. The van der Waals surface area contributed by atoms with Crippen LogP contribution in [0.3, 0.4) is 0 Å². The molecule has 1 saturated heterocycles. The Balaban J connectivity index is 1.36. The van der Waals surface area contributed by atoms with Crippen LogP contribution < -0.4 is 5.32 Å². The Kier molecular flexibility index (Phi) is 6.92. The van der Waals surface area contributed by atoms with E-state index in [1.165, 1.54) is 5.56 Å². The SMILES string of the molecule is CCN(CC(=O)O)C1CC(NC2CCN(Cc3ccccc3Cl)CC2)C1. The van der Waals surface area contributed by atoms with Gasteiger partial charge in [0.1, 0.15) is 0 Å². The maximum atomic E-state index is 10.9. The second-order valence-corrected chi connectivity index (χ2v) is 7.99. The summed E-state index contributed by atoms with van der Waals surface area (Å²) in [5.41, 5.74) is 1.21. The molecule has 1 saturated carbocycles. The molecule has 144 valence electrons. The predicted molar refractivity (Wildman–Crippen MR) is 105 cm³/mol. The number of halogens is 1. The number of nitrogens with one attached hydrogen (secondary N) is 1. The first-order valence-corrected chi connectivity index (χ1v) is 10.1. The molecule has 0 unspecified atom stereocenters. The van der Waals surface area contributed by atoms with E-state index in [0.29, 0.717) is 18.1 Å². The average molecular weight is 380 g/mol. The van der Waals surface area contributed by atoms with E-state index in [0.717, 1.165) is 56.9 Å². The number of carbonyl (C=O) groups is 1. The number of benzene rings is 1. The molecule has 1 heterocycles. The van der Waals surface area contributed by atoms with Crippen LogP contribution >= 0.6 is 11.6 Å². The van der Waals surface area contributed by atoms with Crippen LogP contribution in [-0.2, 0) is 11.3 Å². The van der Waals surface area contributed by atoms with Gasteiger partial charge in [0.15, 0.2) is 0 Å². The Morgan fingerprint density at radius 2 is 1.96 bits per heavy atom. The van der Waals surface area contributed by atoms with Gasteiger partial charge < -0.3 is 10.4 Å². The quantitative estimate of drug-likeness (QED) is 0.727. The van der Waals surface area contributed by atoms with Gasteiger partial charge in [-0.25, -0.2) is 0 Å². The molecule has 26 heavy (non-hydrogen) atoms. The standard InChI is InChI=1S/C20H30ClN3O2/c1-2-24(14-20(25)26)18-11-17(12-18)22-16-7-9-23(10-8-16)13-15-5-3-4-6-19(15)21/h3-6,16-18,22H,2,7-14H2,1H3,(H,25,26). The second kappa shape index (κ2) is 9.18. The Labute approximate surface area is 161 Å². The minimum Gasteiger partial charge on any atom is -0.480 e. The van der Waals surface area contributed by atoms with Crippen molar-refractivity contribution in [3.63, 3.8) is 0 Å². The molecule has 6 heteroatoms. The smallest absolute Gasteiger partial charge is 0.317 e. The molecule has 0 amide bonds. The number of hydrogen-bond donors (Lipinski definition) is 2. The van der Waals surface area contributed by atoms with Crippen molar-refractivity contribution in [3.8, 4) is 0 Å². The summed E-state index contributed by atoms with van der Waals surface area (Å²) < 4.78 is 0. The average Bonchev–Trinajstić information content (AvgIpc) is 2.59. The van der Waals surface area contributed by atoms with Crippen molar-refractivity contribution < 1.29 is 9.90 Å². The monoisotopic (exact) mass is 379 g/mol. The number of carboxylic acids is 1. The van der Waals surface area contributed by atoms with Crippen LogP contribution in [0.15, 0.2) is 24.3 Å².